The quantitative estimate of drug-likeness (QED) is 0.326. The van der Waals surface area contributed by atoms with Crippen LogP contribution in [-0.4, -0.2) is 26.9 Å². The lowest BCUT2D eigenvalue weighted by Gasteiger charge is -2.08. The van der Waals surface area contributed by atoms with E-state index in [1.165, 1.54) is 0 Å². The minimum atomic E-state index is 0.717. The number of benzene rings is 2. The Kier molecular flexibility index (Phi) is 6.18. The molecule has 5 nitrogen and oxygen atoms in total. The summed E-state index contributed by atoms with van der Waals surface area (Å²) in [5.41, 5.74) is 2.95. The molecule has 29 heavy (non-hydrogen) atoms. The van der Waals surface area contributed by atoms with Gasteiger partial charge in [-0.25, -0.2) is 4.98 Å². The highest BCUT2D eigenvalue weighted by atomic mass is 35.5. The van der Waals surface area contributed by atoms with Crippen molar-refractivity contribution < 1.29 is 4.74 Å². The summed E-state index contributed by atoms with van der Waals surface area (Å²) in [5.74, 6) is 2.36. The fraction of sp³-hybridized carbons (Fsp3) is 0.190. The molecule has 0 unspecified atom stereocenters. The van der Waals surface area contributed by atoms with Crippen molar-refractivity contribution in [1.82, 2.24) is 19.7 Å². The summed E-state index contributed by atoms with van der Waals surface area (Å²) < 4.78 is 7.44. The lowest BCUT2D eigenvalue weighted by Crippen LogP contribution is -2.00. The van der Waals surface area contributed by atoms with Crippen LogP contribution in [0.4, 0.5) is 0 Å². The first-order valence-corrected chi connectivity index (χ1v) is 11.3. The molecule has 0 radical (unpaired) electrons. The second-order valence-electron chi connectivity index (χ2n) is 6.19. The maximum atomic E-state index is 6.29. The van der Waals surface area contributed by atoms with Gasteiger partial charge in [0.2, 0.25) is 0 Å². The molecule has 0 N–H and O–H groups in total. The van der Waals surface area contributed by atoms with Gasteiger partial charge in [0.25, 0.3) is 0 Å². The molecule has 2 heterocycles. The number of hydrogen-bond donors (Lipinski definition) is 0. The van der Waals surface area contributed by atoms with Crippen LogP contribution in [0.25, 0.3) is 22.0 Å². The first kappa shape index (κ1) is 19.9. The number of hydrogen-bond acceptors (Lipinski definition) is 6. The van der Waals surface area contributed by atoms with Crippen molar-refractivity contribution in [3.63, 3.8) is 0 Å². The SMILES string of the molecule is CCn1c(SCc2csc(-c3ccccc3Cl)n2)nnc1-c1cccc(OC)c1. The van der Waals surface area contributed by atoms with Crippen LogP contribution in [0.5, 0.6) is 5.75 Å². The van der Waals surface area contributed by atoms with E-state index < -0.39 is 0 Å². The number of aromatic nitrogens is 4. The van der Waals surface area contributed by atoms with Crippen LogP contribution < -0.4 is 4.74 Å². The normalized spacial score (nSPS) is 11.0. The van der Waals surface area contributed by atoms with Gasteiger partial charge in [0.15, 0.2) is 11.0 Å². The van der Waals surface area contributed by atoms with Crippen molar-refractivity contribution in [2.75, 3.05) is 7.11 Å². The third-order valence-electron chi connectivity index (χ3n) is 4.37. The van der Waals surface area contributed by atoms with Crippen LogP contribution >= 0.6 is 34.7 Å². The number of thiazole rings is 1. The van der Waals surface area contributed by atoms with Gasteiger partial charge in [-0.05, 0) is 25.1 Å². The molecule has 4 rings (SSSR count). The lowest BCUT2D eigenvalue weighted by atomic mass is 10.2. The molecule has 0 fully saturated rings. The van der Waals surface area contributed by atoms with E-state index in [1.807, 2.05) is 48.5 Å². The predicted molar refractivity (Wildman–Crippen MR) is 120 cm³/mol. The number of rotatable bonds is 7. The van der Waals surface area contributed by atoms with E-state index in [2.05, 4.69) is 27.1 Å². The van der Waals surface area contributed by atoms with Crippen LogP contribution in [-0.2, 0) is 12.3 Å². The minimum absolute atomic E-state index is 0.717. The molecular weight excluding hydrogens is 424 g/mol. The smallest absolute Gasteiger partial charge is 0.191 e. The van der Waals surface area contributed by atoms with Gasteiger partial charge in [0.1, 0.15) is 10.8 Å². The highest BCUT2D eigenvalue weighted by molar-refractivity contribution is 7.98. The first-order chi connectivity index (χ1) is 14.2. The molecule has 0 spiro atoms. The summed E-state index contributed by atoms with van der Waals surface area (Å²) in [4.78, 5) is 4.74. The maximum Gasteiger partial charge on any atom is 0.191 e. The number of ether oxygens (including phenoxy) is 1. The lowest BCUT2D eigenvalue weighted by molar-refractivity contribution is 0.415. The van der Waals surface area contributed by atoms with Crippen LogP contribution in [0, 0.1) is 0 Å². The Bertz CT molecular complexity index is 1130. The second kappa shape index (κ2) is 8.98. The maximum absolute atomic E-state index is 6.29. The van der Waals surface area contributed by atoms with E-state index in [4.69, 9.17) is 21.3 Å². The van der Waals surface area contributed by atoms with Crippen LogP contribution in [0.3, 0.4) is 0 Å². The average molecular weight is 443 g/mol. The molecule has 0 aliphatic carbocycles. The van der Waals surface area contributed by atoms with Crippen LogP contribution in [0.2, 0.25) is 5.02 Å². The topological polar surface area (TPSA) is 52.8 Å². The van der Waals surface area contributed by atoms with Crippen molar-refractivity contribution in [3.05, 3.63) is 64.6 Å². The first-order valence-electron chi connectivity index (χ1n) is 9.09. The van der Waals surface area contributed by atoms with Crippen molar-refractivity contribution in [3.8, 4) is 27.7 Å². The largest absolute Gasteiger partial charge is 0.497 e. The molecule has 0 aliphatic rings. The average Bonchev–Trinajstić information content (AvgIpc) is 3.39. The highest BCUT2D eigenvalue weighted by Gasteiger charge is 2.15. The number of thioether (sulfide) groups is 1. The Morgan fingerprint density at radius 2 is 2.00 bits per heavy atom. The Hall–Kier alpha value is -2.35. The third kappa shape index (κ3) is 4.32. The Morgan fingerprint density at radius 1 is 1.14 bits per heavy atom. The molecule has 0 bridgehead atoms. The van der Waals surface area contributed by atoms with Gasteiger partial charge in [-0.1, -0.05) is 53.7 Å². The van der Waals surface area contributed by atoms with Crippen molar-refractivity contribution in [2.45, 2.75) is 24.4 Å². The van der Waals surface area contributed by atoms with E-state index in [0.717, 1.165) is 55.9 Å². The molecule has 0 amide bonds. The van der Waals surface area contributed by atoms with Gasteiger partial charge in [-0.15, -0.1) is 21.5 Å². The molecule has 2 aromatic carbocycles. The molecule has 0 saturated heterocycles. The van der Waals surface area contributed by atoms with E-state index in [1.54, 1.807) is 30.2 Å². The van der Waals surface area contributed by atoms with E-state index in [-0.39, 0.29) is 0 Å². The molecular formula is C21H19ClN4OS2. The Balaban J connectivity index is 1.52. The van der Waals surface area contributed by atoms with E-state index in [9.17, 15) is 0 Å². The van der Waals surface area contributed by atoms with Gasteiger partial charge >= 0.3 is 0 Å². The molecule has 148 valence electrons. The number of halogens is 1. The summed E-state index contributed by atoms with van der Waals surface area (Å²) in [6.45, 7) is 2.87. The van der Waals surface area contributed by atoms with E-state index >= 15 is 0 Å². The van der Waals surface area contributed by atoms with Gasteiger partial charge in [-0.3, -0.25) is 0 Å². The monoisotopic (exact) mass is 442 g/mol. The third-order valence-corrected chi connectivity index (χ3v) is 6.62. The van der Waals surface area contributed by atoms with Gasteiger partial charge in [0.05, 0.1) is 17.8 Å². The Labute approximate surface area is 182 Å². The van der Waals surface area contributed by atoms with E-state index in [0.29, 0.717) is 0 Å². The summed E-state index contributed by atoms with van der Waals surface area (Å²) >= 11 is 9.53. The summed E-state index contributed by atoms with van der Waals surface area (Å²) in [6.07, 6.45) is 0. The summed E-state index contributed by atoms with van der Waals surface area (Å²) in [5, 5.41) is 13.4. The fourth-order valence-electron chi connectivity index (χ4n) is 2.93. The van der Waals surface area contributed by atoms with Crippen molar-refractivity contribution >= 4 is 34.7 Å². The Morgan fingerprint density at radius 3 is 2.79 bits per heavy atom. The molecule has 0 aliphatic heterocycles. The van der Waals surface area contributed by atoms with Crippen molar-refractivity contribution in [2.24, 2.45) is 0 Å². The molecule has 0 atom stereocenters. The van der Waals surface area contributed by atoms with Crippen LogP contribution in [0.1, 0.15) is 12.6 Å². The fourth-order valence-corrected chi connectivity index (χ4v) is 5.07. The zero-order valence-corrected chi connectivity index (χ0v) is 18.4. The molecule has 8 heteroatoms. The molecule has 0 saturated carbocycles. The molecule has 4 aromatic rings. The summed E-state index contributed by atoms with van der Waals surface area (Å²) in [6, 6.07) is 15.6. The zero-order valence-electron chi connectivity index (χ0n) is 16.0. The predicted octanol–water partition coefficient (Wildman–Crippen LogP) is 6.04. The highest BCUT2D eigenvalue weighted by Crippen LogP contribution is 2.32. The minimum Gasteiger partial charge on any atom is -0.497 e. The standard InChI is InChI=1S/C21H19ClN4OS2/c1-3-26-19(14-7-6-8-16(11-14)27-2)24-25-21(26)29-13-15-12-28-20(23-15)17-9-4-5-10-18(17)22/h4-12H,3,13H2,1-2H3. The number of nitrogens with zero attached hydrogens (tertiary/aromatic N) is 4. The second-order valence-corrected chi connectivity index (χ2v) is 8.40. The van der Waals surface area contributed by atoms with Crippen molar-refractivity contribution in [1.29, 1.82) is 0 Å². The van der Waals surface area contributed by atoms with Crippen LogP contribution in [0.15, 0.2) is 59.1 Å². The van der Waals surface area contributed by atoms with Gasteiger partial charge < -0.3 is 9.30 Å². The van der Waals surface area contributed by atoms with Gasteiger partial charge in [-0.2, -0.15) is 0 Å². The molecule has 2 aromatic heterocycles. The summed E-state index contributed by atoms with van der Waals surface area (Å²) in [7, 11) is 1.66. The zero-order chi connectivity index (χ0) is 20.2. The van der Waals surface area contributed by atoms with Gasteiger partial charge in [0, 0.05) is 28.8 Å². The number of methoxy groups -OCH3 is 1.